The van der Waals surface area contributed by atoms with Gasteiger partial charge in [-0.3, -0.25) is 19.2 Å². The van der Waals surface area contributed by atoms with Crippen molar-refractivity contribution in [1.82, 2.24) is 21.0 Å². The van der Waals surface area contributed by atoms with Crippen LogP contribution in [-0.4, -0.2) is 87.0 Å². The molecule has 3 aliphatic carbocycles. The van der Waals surface area contributed by atoms with E-state index < -0.39 is 24.1 Å². The molecule has 11 heteroatoms. The minimum absolute atomic E-state index is 0.0392. The zero-order chi connectivity index (χ0) is 35.1. The third kappa shape index (κ3) is 6.64. The summed E-state index contributed by atoms with van der Waals surface area (Å²) in [5.74, 6) is 0.945. The third-order valence-corrected chi connectivity index (χ3v) is 11.4. The van der Waals surface area contributed by atoms with E-state index >= 15 is 0 Å². The smallest absolute Gasteiger partial charge is 0.251 e. The van der Waals surface area contributed by atoms with E-state index in [4.69, 9.17) is 9.57 Å². The summed E-state index contributed by atoms with van der Waals surface area (Å²) in [5, 5.41) is 21.1. The number of hydroxylamine groups is 2. The second-order valence-corrected chi connectivity index (χ2v) is 14.7. The number of aliphatic hydroxyl groups is 1. The predicted molar refractivity (Wildman–Crippen MR) is 185 cm³/mol. The molecule has 4 aliphatic rings. The molecule has 11 nitrogen and oxygen atoms in total. The average Bonchev–Trinajstić information content (AvgIpc) is 3.42. The van der Waals surface area contributed by atoms with Crippen LogP contribution in [0.2, 0.25) is 0 Å². The van der Waals surface area contributed by atoms with Crippen LogP contribution in [-0.2, 0) is 21.0 Å². The number of rotatable bonds is 11. The highest BCUT2D eigenvalue weighted by Gasteiger charge is 2.57. The van der Waals surface area contributed by atoms with Gasteiger partial charge in [-0.1, -0.05) is 39.0 Å². The second-order valence-electron chi connectivity index (χ2n) is 14.7. The summed E-state index contributed by atoms with van der Waals surface area (Å²) in [4.78, 5) is 47.5. The lowest BCUT2D eigenvalue weighted by atomic mass is 9.45. The lowest BCUT2D eigenvalue weighted by Crippen LogP contribution is -2.62. The first kappa shape index (κ1) is 35.6. The molecule has 1 aliphatic heterocycles. The van der Waals surface area contributed by atoms with E-state index in [1.54, 1.807) is 19.2 Å². The molecule has 0 radical (unpaired) electrons. The summed E-state index contributed by atoms with van der Waals surface area (Å²) in [7, 11) is 7.04. The van der Waals surface area contributed by atoms with Crippen molar-refractivity contribution in [3.8, 4) is 16.9 Å². The van der Waals surface area contributed by atoms with Crippen molar-refractivity contribution in [2.75, 3.05) is 39.8 Å². The van der Waals surface area contributed by atoms with Crippen molar-refractivity contribution >= 4 is 23.4 Å². The molecule has 4 N–H and O–H groups in total. The number of carbonyl (C=O) groups excluding carboxylic acids is 3. The number of fused-ring (bicyclic) bond motifs is 2. The van der Waals surface area contributed by atoms with Gasteiger partial charge < -0.3 is 30.7 Å². The Morgan fingerprint density at radius 2 is 1.90 bits per heavy atom. The summed E-state index contributed by atoms with van der Waals surface area (Å²) >= 11 is 0. The van der Waals surface area contributed by atoms with Gasteiger partial charge in [0.25, 0.3) is 5.91 Å². The zero-order valence-corrected chi connectivity index (χ0v) is 29.8. The molecule has 8 atom stereocenters. The Morgan fingerprint density at radius 3 is 2.48 bits per heavy atom. The SMILES string of the molecule is CNC(=O)c1cc(-c2cccc(CN3O[C@@H](CO)[C@@H](C(C)NC(C)=O)[C@H]3C(=O)N[C@H]3C[C@H]4C[C@H]([C@@H]3C)C4(C)C)c2OC)cc(N(C)C)c1. The normalized spacial score (nSPS) is 28.2. The highest BCUT2D eigenvalue weighted by atomic mass is 16.7. The Hall–Kier alpha value is -3.67. The van der Waals surface area contributed by atoms with Crippen LogP contribution in [0.15, 0.2) is 36.4 Å². The zero-order valence-electron chi connectivity index (χ0n) is 29.8. The lowest BCUT2D eigenvalue weighted by Gasteiger charge is -2.62. The minimum atomic E-state index is -0.784. The van der Waals surface area contributed by atoms with Crippen LogP contribution in [0.1, 0.15) is 63.4 Å². The molecule has 2 aromatic carbocycles. The van der Waals surface area contributed by atoms with Gasteiger partial charge in [0.2, 0.25) is 11.8 Å². The maximum absolute atomic E-state index is 14.4. The topological polar surface area (TPSA) is 132 Å². The number of methoxy groups -OCH3 is 1. The van der Waals surface area contributed by atoms with Crippen LogP contribution in [0, 0.1) is 29.1 Å². The van der Waals surface area contributed by atoms with Gasteiger partial charge in [0.05, 0.1) is 20.3 Å². The predicted octanol–water partition coefficient (Wildman–Crippen LogP) is 3.59. The highest BCUT2D eigenvalue weighted by Crippen LogP contribution is 2.61. The summed E-state index contributed by atoms with van der Waals surface area (Å²) in [6.45, 7) is 10.1. The Morgan fingerprint density at radius 1 is 1.17 bits per heavy atom. The van der Waals surface area contributed by atoms with Crippen LogP contribution in [0.25, 0.3) is 11.1 Å². The Kier molecular flexibility index (Phi) is 10.4. The molecule has 3 amide bonds. The Bertz CT molecular complexity index is 1530. The van der Waals surface area contributed by atoms with Crippen molar-refractivity contribution in [2.45, 2.75) is 78.2 Å². The summed E-state index contributed by atoms with van der Waals surface area (Å²) < 4.78 is 6.01. The number of amides is 3. The number of nitrogens with one attached hydrogen (secondary N) is 3. The molecule has 3 saturated carbocycles. The number of hydrogen-bond donors (Lipinski definition) is 4. The van der Waals surface area contributed by atoms with Gasteiger partial charge in [-0.15, -0.1) is 0 Å². The Balaban J connectivity index is 1.50. The van der Waals surface area contributed by atoms with Crippen LogP contribution in [0.5, 0.6) is 5.75 Å². The van der Waals surface area contributed by atoms with Gasteiger partial charge in [0.15, 0.2) is 0 Å². The first-order valence-electron chi connectivity index (χ1n) is 17.0. The molecule has 0 aromatic heterocycles. The van der Waals surface area contributed by atoms with Gasteiger partial charge in [0.1, 0.15) is 17.9 Å². The number of benzene rings is 2. The van der Waals surface area contributed by atoms with E-state index in [0.717, 1.165) is 28.8 Å². The number of ether oxygens (including phenoxy) is 1. The van der Waals surface area contributed by atoms with Gasteiger partial charge in [-0.2, -0.15) is 5.06 Å². The maximum atomic E-state index is 14.4. The first-order valence-corrected chi connectivity index (χ1v) is 17.0. The quantitative estimate of drug-likeness (QED) is 0.287. The number of nitrogens with zero attached hydrogens (tertiary/aromatic N) is 2. The monoisotopic (exact) mass is 663 g/mol. The van der Waals surface area contributed by atoms with Crippen molar-refractivity contribution in [2.24, 2.45) is 29.1 Å². The number of anilines is 1. The molecule has 0 spiro atoms. The van der Waals surface area contributed by atoms with Gasteiger partial charge in [0, 0.05) is 68.4 Å². The minimum Gasteiger partial charge on any atom is -0.496 e. The third-order valence-electron chi connectivity index (χ3n) is 11.4. The molecule has 1 saturated heterocycles. The van der Waals surface area contributed by atoms with Gasteiger partial charge in [-0.25, -0.2) is 0 Å². The molecular weight excluding hydrogens is 610 g/mol. The van der Waals surface area contributed by atoms with Crippen molar-refractivity contribution in [3.05, 3.63) is 47.5 Å². The summed E-state index contributed by atoms with van der Waals surface area (Å²) in [6.07, 6.45) is 1.42. The van der Waals surface area contributed by atoms with Crippen molar-refractivity contribution in [1.29, 1.82) is 0 Å². The van der Waals surface area contributed by atoms with E-state index in [1.165, 1.54) is 13.3 Å². The van der Waals surface area contributed by atoms with E-state index in [-0.39, 0.29) is 42.3 Å². The van der Waals surface area contributed by atoms with Crippen molar-refractivity contribution < 1.29 is 29.1 Å². The van der Waals surface area contributed by atoms with E-state index in [1.807, 2.05) is 62.3 Å². The molecule has 1 unspecified atom stereocenters. The molecule has 2 aromatic rings. The summed E-state index contributed by atoms with van der Waals surface area (Å²) in [5.41, 5.74) is 4.00. The standard InChI is InChI=1S/C37H53N5O6/c1-20-29-16-26(37(29,4)5)17-30(20)40-36(46)33-32(21(2)39-22(3)44)31(19-43)48-42(33)18-23-11-10-12-28(34(23)47-9)24-13-25(35(45)38-6)15-27(14-24)41(7)8/h10-15,20-21,26,29-33,43H,16-19H2,1-9H3,(H,38,45)(H,39,44)(H,40,46)/t20-,21?,26+,29+,30-,31-,32+,33-/m0/s1. The number of para-hydroxylation sites is 1. The number of hydrogen-bond acceptors (Lipinski definition) is 8. The summed E-state index contributed by atoms with van der Waals surface area (Å²) in [6, 6.07) is 10.3. The lowest BCUT2D eigenvalue weighted by molar-refractivity contribution is -0.183. The van der Waals surface area contributed by atoms with E-state index in [9.17, 15) is 19.5 Å². The molecule has 4 fully saturated rings. The number of aliphatic hydroxyl groups excluding tert-OH is 1. The van der Waals surface area contributed by atoms with Crippen LogP contribution >= 0.6 is 0 Å². The second kappa shape index (κ2) is 14.1. The van der Waals surface area contributed by atoms with E-state index in [2.05, 4.69) is 36.7 Å². The maximum Gasteiger partial charge on any atom is 0.251 e. The highest BCUT2D eigenvalue weighted by molar-refractivity contribution is 5.97. The number of carbonyl (C=O) groups is 3. The average molecular weight is 664 g/mol. The fourth-order valence-corrected chi connectivity index (χ4v) is 8.57. The van der Waals surface area contributed by atoms with Crippen LogP contribution in [0.3, 0.4) is 0 Å². The van der Waals surface area contributed by atoms with E-state index in [0.29, 0.717) is 29.1 Å². The Labute approximate surface area is 284 Å². The largest absolute Gasteiger partial charge is 0.496 e. The van der Waals surface area contributed by atoms with Crippen LogP contribution < -0.4 is 25.6 Å². The fourth-order valence-electron chi connectivity index (χ4n) is 8.57. The van der Waals surface area contributed by atoms with Crippen LogP contribution in [0.4, 0.5) is 5.69 Å². The molecule has 262 valence electrons. The molecular formula is C37H53N5O6. The molecule has 2 bridgehead atoms. The fraction of sp³-hybridized carbons (Fsp3) is 0.595. The first-order chi connectivity index (χ1) is 22.7. The molecule has 1 heterocycles. The van der Waals surface area contributed by atoms with Crippen molar-refractivity contribution in [3.63, 3.8) is 0 Å². The van der Waals surface area contributed by atoms with Gasteiger partial charge in [-0.05, 0) is 66.7 Å². The van der Waals surface area contributed by atoms with Gasteiger partial charge >= 0.3 is 0 Å². The molecule has 48 heavy (non-hydrogen) atoms. The molecule has 6 rings (SSSR count).